The highest BCUT2D eigenvalue weighted by atomic mass is 35.5. The number of aromatic nitrogens is 4. The van der Waals surface area contributed by atoms with Gasteiger partial charge in [-0.25, -0.2) is 0 Å². The number of hydrogen-bond donors (Lipinski definition) is 4. The Morgan fingerprint density at radius 3 is 2.11 bits per heavy atom. The van der Waals surface area contributed by atoms with Crippen molar-refractivity contribution in [3.63, 3.8) is 0 Å². The normalized spacial score (nSPS) is 13.4. The van der Waals surface area contributed by atoms with E-state index in [2.05, 4.69) is 46.1 Å². The maximum Gasteiger partial charge on any atom is 0.233 e. The lowest BCUT2D eigenvalue weighted by atomic mass is 10.2. The molecule has 0 saturated carbocycles. The number of anilines is 7. The van der Waals surface area contributed by atoms with E-state index in [0.29, 0.717) is 22.9 Å². The summed E-state index contributed by atoms with van der Waals surface area (Å²) in [5, 5.41) is 15.1. The molecule has 226 valence electrons. The highest BCUT2D eigenvalue weighted by molar-refractivity contribution is 6.31. The summed E-state index contributed by atoms with van der Waals surface area (Å²) < 4.78 is 10.7. The van der Waals surface area contributed by atoms with Gasteiger partial charge >= 0.3 is 0 Å². The van der Waals surface area contributed by atoms with Crippen molar-refractivity contribution < 1.29 is 9.47 Å². The molecule has 3 heterocycles. The maximum absolute atomic E-state index is 6.15. The van der Waals surface area contributed by atoms with E-state index in [-0.39, 0.29) is 0 Å². The first-order valence-electron chi connectivity index (χ1n) is 14.5. The molecule has 12 heteroatoms. The fraction of sp³-hybridized carbons (Fsp3) is 0.250. The van der Waals surface area contributed by atoms with Crippen LogP contribution in [0.2, 0.25) is 5.02 Å². The van der Waals surface area contributed by atoms with Gasteiger partial charge in [0.2, 0.25) is 17.8 Å². The minimum absolute atomic E-state index is 0.421. The first-order chi connectivity index (χ1) is 21.6. The Bertz CT molecular complexity index is 1680. The van der Waals surface area contributed by atoms with Crippen LogP contribution in [0.1, 0.15) is 6.42 Å². The number of nitrogens with one attached hydrogen (secondary N) is 4. The molecule has 4 N–H and O–H groups in total. The molecule has 0 amide bonds. The second kappa shape index (κ2) is 14.2. The van der Waals surface area contributed by atoms with Gasteiger partial charge in [-0.05, 0) is 85.8 Å². The number of pyridine rings is 1. The van der Waals surface area contributed by atoms with Crippen LogP contribution in [0.5, 0.6) is 5.75 Å². The zero-order valence-electron chi connectivity index (χ0n) is 24.4. The molecule has 0 spiro atoms. The molecule has 3 aromatic carbocycles. The molecule has 2 aromatic heterocycles. The van der Waals surface area contributed by atoms with Gasteiger partial charge in [-0.1, -0.05) is 11.6 Å². The van der Waals surface area contributed by atoms with Crippen molar-refractivity contribution >= 4 is 63.1 Å². The van der Waals surface area contributed by atoms with E-state index in [4.69, 9.17) is 21.1 Å². The molecule has 0 unspecified atom stereocenters. The van der Waals surface area contributed by atoms with Crippen molar-refractivity contribution in [1.29, 1.82) is 0 Å². The summed E-state index contributed by atoms with van der Waals surface area (Å²) in [5.74, 6) is 2.11. The minimum atomic E-state index is 0.421. The fourth-order valence-electron chi connectivity index (χ4n) is 4.85. The van der Waals surface area contributed by atoms with Crippen LogP contribution in [-0.2, 0) is 4.74 Å². The number of methoxy groups -OCH3 is 1. The molecule has 44 heavy (non-hydrogen) atoms. The number of benzene rings is 3. The maximum atomic E-state index is 6.15. The standard InChI is InChI=1S/C32H34ClN9O2/c1-43-26-10-8-25(9-11-26)38-32-40-30(35-14-2-16-42-17-19-44-20-18-42)39-31(41-32)37-24-6-4-23(5-7-24)36-28-13-15-34-29-21-22(33)3-12-27(28)29/h3-13,15,21H,2,14,16-20H2,1H3,(H,34,36)(H3,35,37,38,39,40,41). The predicted molar refractivity (Wildman–Crippen MR) is 176 cm³/mol. The van der Waals surface area contributed by atoms with Crippen molar-refractivity contribution in [1.82, 2.24) is 24.8 Å². The summed E-state index contributed by atoms with van der Waals surface area (Å²) in [7, 11) is 1.64. The SMILES string of the molecule is COc1ccc(Nc2nc(NCCCN3CCOCC3)nc(Nc3ccc(Nc4ccnc5cc(Cl)ccc45)cc3)n2)cc1. The van der Waals surface area contributed by atoms with E-state index in [1.165, 1.54) is 0 Å². The lowest BCUT2D eigenvalue weighted by Gasteiger charge is -2.26. The third kappa shape index (κ3) is 7.81. The summed E-state index contributed by atoms with van der Waals surface area (Å²) in [6, 6.07) is 23.2. The van der Waals surface area contributed by atoms with Crippen LogP contribution in [-0.4, -0.2) is 71.3 Å². The minimum Gasteiger partial charge on any atom is -0.497 e. The van der Waals surface area contributed by atoms with Gasteiger partial charge in [-0.2, -0.15) is 15.0 Å². The van der Waals surface area contributed by atoms with E-state index in [1.807, 2.05) is 72.8 Å². The van der Waals surface area contributed by atoms with Crippen molar-refractivity contribution in [2.45, 2.75) is 6.42 Å². The molecule has 0 radical (unpaired) electrons. The zero-order valence-corrected chi connectivity index (χ0v) is 25.1. The van der Waals surface area contributed by atoms with E-state index in [1.54, 1.807) is 13.3 Å². The summed E-state index contributed by atoms with van der Waals surface area (Å²) in [6.07, 6.45) is 2.73. The monoisotopic (exact) mass is 611 g/mol. The number of halogens is 1. The van der Waals surface area contributed by atoms with Gasteiger partial charge in [0.15, 0.2) is 0 Å². The van der Waals surface area contributed by atoms with Gasteiger partial charge in [0.05, 0.1) is 25.8 Å². The van der Waals surface area contributed by atoms with Crippen LogP contribution >= 0.6 is 11.6 Å². The Morgan fingerprint density at radius 1 is 0.795 bits per heavy atom. The van der Waals surface area contributed by atoms with E-state index in [9.17, 15) is 0 Å². The molecule has 0 bridgehead atoms. The Kier molecular flexibility index (Phi) is 9.46. The van der Waals surface area contributed by atoms with Gasteiger partial charge in [-0.3, -0.25) is 9.88 Å². The third-order valence-corrected chi connectivity index (χ3v) is 7.38. The van der Waals surface area contributed by atoms with Crippen molar-refractivity contribution in [3.8, 4) is 5.75 Å². The lowest BCUT2D eigenvalue weighted by Crippen LogP contribution is -2.37. The van der Waals surface area contributed by atoms with Crippen LogP contribution in [0.4, 0.5) is 40.6 Å². The number of hydrogen-bond acceptors (Lipinski definition) is 11. The van der Waals surface area contributed by atoms with Crippen LogP contribution in [0.25, 0.3) is 10.9 Å². The van der Waals surface area contributed by atoms with Crippen molar-refractivity contribution in [3.05, 3.63) is 84.0 Å². The van der Waals surface area contributed by atoms with Crippen LogP contribution < -0.4 is 26.0 Å². The Hall–Kier alpha value is -4.71. The molecule has 0 atom stereocenters. The van der Waals surface area contributed by atoms with Crippen LogP contribution in [0, 0.1) is 0 Å². The molecule has 5 aromatic rings. The van der Waals surface area contributed by atoms with Crippen LogP contribution in [0.3, 0.4) is 0 Å². The highest BCUT2D eigenvalue weighted by Gasteiger charge is 2.11. The van der Waals surface area contributed by atoms with Gasteiger partial charge in [0.25, 0.3) is 0 Å². The van der Waals surface area contributed by atoms with E-state index < -0.39 is 0 Å². The molecule has 1 aliphatic rings. The topological polar surface area (TPSA) is 121 Å². The smallest absolute Gasteiger partial charge is 0.233 e. The van der Waals surface area contributed by atoms with Crippen LogP contribution in [0.15, 0.2) is 79.0 Å². The molecule has 6 rings (SSSR count). The molecule has 1 aliphatic heterocycles. The quantitative estimate of drug-likeness (QED) is 0.116. The van der Waals surface area contributed by atoms with Crippen molar-refractivity contribution in [2.75, 3.05) is 67.8 Å². The third-order valence-electron chi connectivity index (χ3n) is 7.14. The molecular weight excluding hydrogens is 578 g/mol. The van der Waals surface area contributed by atoms with Gasteiger partial charge in [0.1, 0.15) is 5.75 Å². The van der Waals surface area contributed by atoms with E-state index >= 15 is 0 Å². The molecule has 0 aliphatic carbocycles. The molecule has 11 nitrogen and oxygen atoms in total. The largest absolute Gasteiger partial charge is 0.497 e. The summed E-state index contributed by atoms with van der Waals surface area (Å²) >= 11 is 6.15. The first-order valence-corrected chi connectivity index (χ1v) is 14.9. The summed E-state index contributed by atoms with van der Waals surface area (Å²) in [6.45, 7) is 5.26. The predicted octanol–water partition coefficient (Wildman–Crippen LogP) is 6.45. The van der Waals surface area contributed by atoms with E-state index in [0.717, 1.165) is 85.2 Å². The first kappa shape index (κ1) is 29.4. The Morgan fingerprint density at radius 2 is 1.43 bits per heavy atom. The number of ether oxygens (including phenoxy) is 2. The molecule has 1 fully saturated rings. The second-order valence-electron chi connectivity index (χ2n) is 10.2. The van der Waals surface area contributed by atoms with Gasteiger partial charge < -0.3 is 30.7 Å². The number of fused-ring (bicyclic) bond motifs is 1. The number of rotatable bonds is 12. The second-order valence-corrected chi connectivity index (χ2v) is 10.7. The summed E-state index contributed by atoms with van der Waals surface area (Å²) in [5.41, 5.74) is 4.38. The highest BCUT2D eigenvalue weighted by Crippen LogP contribution is 2.28. The number of morpholine rings is 1. The fourth-order valence-corrected chi connectivity index (χ4v) is 5.02. The average molecular weight is 612 g/mol. The van der Waals surface area contributed by atoms with Gasteiger partial charge in [-0.15, -0.1) is 0 Å². The lowest BCUT2D eigenvalue weighted by molar-refractivity contribution is 0.0378. The summed E-state index contributed by atoms with van der Waals surface area (Å²) in [4.78, 5) is 20.7. The zero-order chi connectivity index (χ0) is 30.1. The Labute approximate surface area is 261 Å². The Balaban J connectivity index is 1.15. The van der Waals surface area contributed by atoms with Gasteiger partial charge in [0, 0.05) is 59.0 Å². The molecule has 1 saturated heterocycles. The number of nitrogens with zero attached hydrogens (tertiary/aromatic N) is 5. The average Bonchev–Trinajstić information content (AvgIpc) is 3.05. The van der Waals surface area contributed by atoms with Crippen molar-refractivity contribution in [2.24, 2.45) is 0 Å². The molecular formula is C32H34ClN9O2.